The van der Waals surface area contributed by atoms with Gasteiger partial charge in [0, 0.05) is 43.5 Å². The summed E-state index contributed by atoms with van der Waals surface area (Å²) in [4.78, 5) is 14.2. The summed E-state index contributed by atoms with van der Waals surface area (Å²) in [6.45, 7) is 4.85. The fourth-order valence-corrected chi connectivity index (χ4v) is 6.53. The van der Waals surface area contributed by atoms with Crippen molar-refractivity contribution in [2.75, 3.05) is 11.9 Å². The number of rotatable bonds is 4. The van der Waals surface area contributed by atoms with E-state index < -0.39 is 5.82 Å². The Bertz CT molecular complexity index is 1300. The summed E-state index contributed by atoms with van der Waals surface area (Å²) in [7, 11) is 3.71. The lowest BCUT2D eigenvalue weighted by atomic mass is 9.55. The second-order valence-corrected chi connectivity index (χ2v) is 11.3. The molecule has 6 nitrogen and oxygen atoms in total. The number of aromatic nitrogens is 3. The first-order chi connectivity index (χ1) is 16.6. The number of nitrogens with zero attached hydrogens (tertiary/aromatic N) is 4. The minimum absolute atomic E-state index is 0.113. The molecule has 184 valence electrons. The molecule has 2 aromatic heterocycles. The molecule has 7 heteroatoms. The predicted molar refractivity (Wildman–Crippen MR) is 136 cm³/mol. The van der Waals surface area contributed by atoms with Gasteiger partial charge < -0.3 is 14.6 Å². The Morgan fingerprint density at radius 3 is 2.40 bits per heavy atom. The minimum atomic E-state index is -0.538. The number of halogens is 1. The first kappa shape index (κ1) is 23.5. The number of anilines is 1. The zero-order valence-electron chi connectivity index (χ0n) is 20.9. The highest BCUT2D eigenvalue weighted by atomic mass is 19.1. The van der Waals surface area contributed by atoms with Crippen LogP contribution in [0, 0.1) is 16.6 Å². The van der Waals surface area contributed by atoms with E-state index in [4.69, 9.17) is 0 Å². The summed E-state index contributed by atoms with van der Waals surface area (Å²) in [6, 6.07) is 9.65. The Morgan fingerprint density at radius 2 is 1.77 bits per heavy atom. The van der Waals surface area contributed by atoms with Crippen molar-refractivity contribution in [1.82, 2.24) is 14.8 Å². The van der Waals surface area contributed by atoms with Crippen LogP contribution in [-0.4, -0.2) is 33.0 Å². The SMILES string of the molecule is CN(c1ccc(-c2cc(F)c(-c3ccn(C)c(=O)c3)cc2O)nn1)C1C[C@]2(C)CCC[C@](C)(C1)C2. The van der Waals surface area contributed by atoms with Gasteiger partial charge in [-0.25, -0.2) is 4.39 Å². The van der Waals surface area contributed by atoms with Gasteiger partial charge in [0.05, 0.1) is 5.69 Å². The average Bonchev–Trinajstić information content (AvgIpc) is 2.80. The lowest BCUT2D eigenvalue weighted by molar-refractivity contribution is 0.0141. The lowest BCUT2D eigenvalue weighted by Crippen LogP contribution is -2.49. The molecule has 0 spiro atoms. The number of hydrogen-bond donors (Lipinski definition) is 1. The number of aryl methyl sites for hydroxylation is 1. The Balaban J connectivity index is 1.39. The van der Waals surface area contributed by atoms with E-state index in [1.165, 1.54) is 48.4 Å². The van der Waals surface area contributed by atoms with Crippen molar-refractivity contribution in [2.45, 2.75) is 58.4 Å². The van der Waals surface area contributed by atoms with Crippen LogP contribution in [0.4, 0.5) is 10.2 Å². The molecule has 2 aliphatic carbocycles. The van der Waals surface area contributed by atoms with E-state index >= 15 is 0 Å². The fourth-order valence-electron chi connectivity index (χ4n) is 6.53. The second-order valence-electron chi connectivity index (χ2n) is 11.3. The highest BCUT2D eigenvalue weighted by Gasteiger charge is 2.47. The maximum absolute atomic E-state index is 15.0. The molecule has 0 amide bonds. The number of phenolic OH excluding ortho intramolecular Hbond substituents is 1. The molecule has 0 saturated heterocycles. The van der Waals surface area contributed by atoms with Gasteiger partial charge in [0.1, 0.15) is 11.6 Å². The van der Waals surface area contributed by atoms with Crippen LogP contribution in [0.2, 0.25) is 0 Å². The van der Waals surface area contributed by atoms with Gasteiger partial charge in [0.15, 0.2) is 5.82 Å². The van der Waals surface area contributed by atoms with E-state index in [0.29, 0.717) is 28.1 Å². The Morgan fingerprint density at radius 1 is 1.06 bits per heavy atom. The van der Waals surface area contributed by atoms with Crippen molar-refractivity contribution < 1.29 is 9.50 Å². The summed E-state index contributed by atoms with van der Waals surface area (Å²) < 4.78 is 16.4. The van der Waals surface area contributed by atoms with Gasteiger partial charge in [-0.3, -0.25) is 4.79 Å². The smallest absolute Gasteiger partial charge is 0.250 e. The van der Waals surface area contributed by atoms with Crippen LogP contribution in [-0.2, 0) is 7.05 Å². The highest BCUT2D eigenvalue weighted by molar-refractivity contribution is 5.74. The van der Waals surface area contributed by atoms with Crippen LogP contribution >= 0.6 is 0 Å². The molecule has 2 saturated carbocycles. The molecule has 0 aliphatic heterocycles. The molecular weight excluding hydrogens is 443 g/mol. The monoisotopic (exact) mass is 476 g/mol. The number of fused-ring (bicyclic) bond motifs is 2. The first-order valence-corrected chi connectivity index (χ1v) is 12.3. The number of aromatic hydroxyl groups is 1. The van der Waals surface area contributed by atoms with E-state index in [0.717, 1.165) is 18.7 Å². The number of benzene rings is 1. The molecule has 0 radical (unpaired) electrons. The van der Waals surface area contributed by atoms with Gasteiger partial charge in [-0.1, -0.05) is 20.3 Å². The molecule has 2 heterocycles. The van der Waals surface area contributed by atoms with Gasteiger partial charge in [0.2, 0.25) is 0 Å². The predicted octanol–water partition coefficient (Wildman–Crippen LogP) is 5.54. The number of pyridine rings is 1. The summed E-state index contributed by atoms with van der Waals surface area (Å²) in [5, 5.41) is 19.4. The van der Waals surface area contributed by atoms with E-state index in [2.05, 4.69) is 36.0 Å². The van der Waals surface area contributed by atoms with Crippen LogP contribution in [0.25, 0.3) is 22.4 Å². The van der Waals surface area contributed by atoms with Crippen LogP contribution < -0.4 is 10.5 Å². The largest absolute Gasteiger partial charge is 0.507 e. The molecule has 2 bridgehead atoms. The van der Waals surface area contributed by atoms with Crippen molar-refractivity contribution in [1.29, 1.82) is 0 Å². The van der Waals surface area contributed by atoms with Gasteiger partial charge in [-0.15, -0.1) is 10.2 Å². The van der Waals surface area contributed by atoms with E-state index in [1.54, 1.807) is 25.4 Å². The molecule has 2 aliphatic rings. The highest BCUT2D eigenvalue weighted by Crippen LogP contribution is 2.56. The molecule has 1 aromatic carbocycles. The maximum atomic E-state index is 15.0. The summed E-state index contributed by atoms with van der Waals surface area (Å²) in [5.74, 6) is 0.130. The van der Waals surface area contributed by atoms with E-state index in [9.17, 15) is 14.3 Å². The third kappa shape index (κ3) is 4.44. The first-order valence-electron chi connectivity index (χ1n) is 12.3. The fraction of sp³-hybridized carbons (Fsp3) is 0.464. The molecule has 1 N–H and O–H groups in total. The quantitative estimate of drug-likeness (QED) is 0.535. The Kier molecular flexibility index (Phi) is 5.69. The van der Waals surface area contributed by atoms with Crippen LogP contribution in [0.15, 0.2) is 47.4 Å². The summed E-state index contributed by atoms with van der Waals surface area (Å²) in [6.07, 6.45) is 9.07. The number of phenols is 1. The molecule has 2 fully saturated rings. The second kappa shape index (κ2) is 8.47. The van der Waals surface area contributed by atoms with Gasteiger partial charge in [0.25, 0.3) is 5.56 Å². The Hall–Kier alpha value is -3.22. The molecular formula is C28H33FN4O2. The van der Waals surface area contributed by atoms with Crippen LogP contribution in [0.1, 0.15) is 52.4 Å². The van der Waals surface area contributed by atoms with Crippen molar-refractivity contribution in [3.8, 4) is 28.1 Å². The van der Waals surface area contributed by atoms with Gasteiger partial charge in [-0.05, 0) is 78.8 Å². The van der Waals surface area contributed by atoms with Crippen molar-refractivity contribution >= 4 is 5.82 Å². The molecule has 3 atom stereocenters. The molecule has 1 unspecified atom stereocenters. The number of hydrogen-bond acceptors (Lipinski definition) is 5. The molecule has 35 heavy (non-hydrogen) atoms. The van der Waals surface area contributed by atoms with Crippen molar-refractivity contribution in [2.24, 2.45) is 17.9 Å². The van der Waals surface area contributed by atoms with Crippen LogP contribution in [0.5, 0.6) is 5.75 Å². The van der Waals surface area contributed by atoms with E-state index in [1.807, 2.05) is 6.07 Å². The molecule has 5 rings (SSSR count). The third-order valence-electron chi connectivity index (χ3n) is 8.21. The normalized spacial score (nSPS) is 25.9. The summed E-state index contributed by atoms with van der Waals surface area (Å²) in [5.41, 5.74) is 1.75. The minimum Gasteiger partial charge on any atom is -0.507 e. The van der Waals surface area contributed by atoms with Crippen molar-refractivity contribution in [3.05, 3.63) is 58.8 Å². The third-order valence-corrected chi connectivity index (χ3v) is 8.21. The van der Waals surface area contributed by atoms with Gasteiger partial charge in [-0.2, -0.15) is 0 Å². The summed E-state index contributed by atoms with van der Waals surface area (Å²) >= 11 is 0. The van der Waals surface area contributed by atoms with E-state index in [-0.39, 0.29) is 22.4 Å². The van der Waals surface area contributed by atoms with Crippen molar-refractivity contribution in [3.63, 3.8) is 0 Å². The maximum Gasteiger partial charge on any atom is 0.250 e. The average molecular weight is 477 g/mol. The van der Waals surface area contributed by atoms with Crippen LogP contribution in [0.3, 0.4) is 0 Å². The zero-order chi connectivity index (χ0) is 25.0. The lowest BCUT2D eigenvalue weighted by Gasteiger charge is -2.54. The topological polar surface area (TPSA) is 71.2 Å². The Labute approximate surface area is 205 Å². The van der Waals surface area contributed by atoms with Gasteiger partial charge >= 0.3 is 0 Å². The zero-order valence-corrected chi connectivity index (χ0v) is 20.9. The molecule has 3 aromatic rings. The standard InChI is InChI=1S/C28H33FN4O2/c1-27-9-5-10-28(2,17-27)16-19(15-27)33(4)25-7-6-23(30-31-25)21-13-22(29)20(14-24(21)34)18-8-11-32(3)26(35)12-18/h6-8,11-14,19,34H,5,9-10,15-17H2,1-4H3/t19?,27-,28+.